The molecule has 22 heavy (non-hydrogen) atoms. The van der Waals surface area contributed by atoms with Crippen molar-refractivity contribution in [2.24, 2.45) is 0 Å². The number of halogens is 2. The van der Waals surface area contributed by atoms with E-state index in [0.29, 0.717) is 23.0 Å². The van der Waals surface area contributed by atoms with E-state index in [2.05, 4.69) is 31.9 Å². The monoisotopic (exact) mass is 431 g/mol. The number of piperidine rings is 1. The van der Waals surface area contributed by atoms with Gasteiger partial charge < -0.3 is 10.0 Å². The molecule has 2 heterocycles. The number of quaternary nitrogens is 1. The molecule has 1 aromatic rings. The van der Waals surface area contributed by atoms with Crippen molar-refractivity contribution < 1.29 is 19.6 Å². The van der Waals surface area contributed by atoms with Gasteiger partial charge in [-0.1, -0.05) is 15.9 Å². The van der Waals surface area contributed by atoms with E-state index in [1.54, 1.807) is 6.07 Å². The summed E-state index contributed by atoms with van der Waals surface area (Å²) >= 11 is 6.79. The lowest BCUT2D eigenvalue weighted by molar-refractivity contribution is -0.920. The Morgan fingerprint density at radius 3 is 2.50 bits per heavy atom. The second kappa shape index (κ2) is 6.39. The highest BCUT2D eigenvalue weighted by Gasteiger charge is 2.46. The van der Waals surface area contributed by atoms with Gasteiger partial charge in [-0.2, -0.15) is 0 Å². The van der Waals surface area contributed by atoms with Crippen molar-refractivity contribution in [2.75, 3.05) is 18.0 Å². The molecule has 0 unspecified atom stereocenters. The number of amides is 2. The van der Waals surface area contributed by atoms with Crippen molar-refractivity contribution >= 4 is 49.4 Å². The number of rotatable bonds is 2. The van der Waals surface area contributed by atoms with Crippen molar-refractivity contribution in [1.82, 2.24) is 0 Å². The van der Waals surface area contributed by atoms with E-state index in [1.165, 1.54) is 4.90 Å². The summed E-state index contributed by atoms with van der Waals surface area (Å²) in [6.07, 6.45) is 1.35. The third-order valence-electron chi connectivity index (χ3n) is 4.39. The van der Waals surface area contributed by atoms with Gasteiger partial charge in [0.15, 0.2) is 6.04 Å². The first-order valence-corrected chi connectivity index (χ1v) is 8.90. The largest absolute Gasteiger partial charge is 0.393 e. The summed E-state index contributed by atoms with van der Waals surface area (Å²) in [6.45, 7) is 1.47. The maximum atomic E-state index is 12.7. The fraction of sp³-hybridized carbons (Fsp3) is 0.467. The van der Waals surface area contributed by atoms with Crippen LogP contribution in [0.15, 0.2) is 27.1 Å². The molecule has 5 nitrogen and oxygen atoms in total. The van der Waals surface area contributed by atoms with Gasteiger partial charge in [0.25, 0.3) is 5.91 Å². The number of nitrogens with zero attached hydrogens (tertiary/aromatic N) is 1. The number of carbonyl (C=O) groups is 2. The number of anilines is 1. The Bertz CT molecular complexity index is 615. The van der Waals surface area contributed by atoms with Gasteiger partial charge in [-0.05, 0) is 34.1 Å². The van der Waals surface area contributed by atoms with E-state index in [4.69, 9.17) is 0 Å². The Kier molecular flexibility index (Phi) is 4.68. The quantitative estimate of drug-likeness (QED) is 0.682. The molecule has 0 aromatic heterocycles. The standard InChI is InChI=1S/C15H16Br2N2O3/c16-9-1-2-12(11(17)7-9)19-14(21)8-13(15(19)22)18-5-3-10(20)4-6-18/h1-2,7,10,13,20H,3-6,8H2/p+1/t13-/m1/s1. The first kappa shape index (κ1) is 16.1. The molecule has 2 N–H and O–H groups in total. The summed E-state index contributed by atoms with van der Waals surface area (Å²) in [6, 6.07) is 5.09. The molecule has 3 rings (SSSR count). The van der Waals surface area contributed by atoms with Crippen LogP contribution in [0.4, 0.5) is 5.69 Å². The van der Waals surface area contributed by atoms with Crippen LogP contribution in [0.2, 0.25) is 0 Å². The van der Waals surface area contributed by atoms with Crippen molar-refractivity contribution in [1.29, 1.82) is 0 Å². The summed E-state index contributed by atoms with van der Waals surface area (Å²) in [7, 11) is 0. The van der Waals surface area contributed by atoms with Crippen LogP contribution in [-0.4, -0.2) is 42.2 Å². The van der Waals surface area contributed by atoms with Crippen LogP contribution in [0, 0.1) is 0 Å². The summed E-state index contributed by atoms with van der Waals surface area (Å²) in [5.41, 5.74) is 0.595. The number of imide groups is 1. The lowest BCUT2D eigenvalue weighted by Crippen LogP contribution is -3.17. The Hall–Kier alpha value is -0.760. The second-order valence-electron chi connectivity index (χ2n) is 5.81. The van der Waals surface area contributed by atoms with Crippen LogP contribution in [0.1, 0.15) is 19.3 Å². The maximum Gasteiger partial charge on any atom is 0.292 e. The number of aliphatic hydroxyl groups excluding tert-OH is 1. The molecule has 0 spiro atoms. The van der Waals surface area contributed by atoms with Crippen LogP contribution in [0.3, 0.4) is 0 Å². The van der Waals surface area contributed by atoms with Gasteiger partial charge in [-0.15, -0.1) is 0 Å². The zero-order chi connectivity index (χ0) is 15.9. The molecule has 0 bridgehead atoms. The van der Waals surface area contributed by atoms with Crippen LogP contribution in [-0.2, 0) is 9.59 Å². The zero-order valence-electron chi connectivity index (χ0n) is 11.9. The summed E-state index contributed by atoms with van der Waals surface area (Å²) in [5.74, 6) is -0.295. The Balaban J connectivity index is 1.82. The molecule has 2 aliphatic rings. The lowest BCUT2D eigenvalue weighted by Gasteiger charge is -2.30. The molecular weight excluding hydrogens is 416 g/mol. The topological polar surface area (TPSA) is 62.1 Å². The minimum Gasteiger partial charge on any atom is -0.393 e. The van der Waals surface area contributed by atoms with E-state index in [9.17, 15) is 14.7 Å². The van der Waals surface area contributed by atoms with Crippen molar-refractivity contribution in [3.05, 3.63) is 27.1 Å². The van der Waals surface area contributed by atoms with Gasteiger partial charge >= 0.3 is 0 Å². The van der Waals surface area contributed by atoms with Gasteiger partial charge in [-0.3, -0.25) is 9.59 Å². The number of carbonyl (C=O) groups excluding carboxylic acids is 2. The van der Waals surface area contributed by atoms with Gasteiger partial charge in [-0.25, -0.2) is 4.90 Å². The summed E-state index contributed by atoms with van der Waals surface area (Å²) < 4.78 is 1.60. The highest BCUT2D eigenvalue weighted by atomic mass is 79.9. The molecule has 0 aliphatic carbocycles. The summed E-state index contributed by atoms with van der Waals surface area (Å²) in [5, 5.41) is 9.59. The summed E-state index contributed by atoms with van der Waals surface area (Å²) in [4.78, 5) is 27.5. The van der Waals surface area contributed by atoms with Gasteiger partial charge in [0.1, 0.15) is 0 Å². The SMILES string of the molecule is O=C1C[C@@H]([NH+]2CCC(O)CC2)C(=O)N1c1ccc(Br)cc1Br. The van der Waals surface area contributed by atoms with Crippen LogP contribution in [0.5, 0.6) is 0 Å². The average molecular weight is 433 g/mol. The first-order valence-electron chi connectivity index (χ1n) is 7.32. The van der Waals surface area contributed by atoms with Crippen LogP contribution >= 0.6 is 31.9 Å². The molecular formula is C15H17Br2N2O3+. The highest BCUT2D eigenvalue weighted by Crippen LogP contribution is 2.32. The Morgan fingerprint density at radius 2 is 1.86 bits per heavy atom. The minimum atomic E-state index is -0.324. The van der Waals surface area contributed by atoms with E-state index in [1.807, 2.05) is 12.1 Å². The van der Waals surface area contributed by atoms with Crippen molar-refractivity contribution in [3.63, 3.8) is 0 Å². The first-order chi connectivity index (χ1) is 10.5. The number of likely N-dealkylation sites (tertiary alicyclic amines) is 1. The van der Waals surface area contributed by atoms with Crippen molar-refractivity contribution in [3.8, 4) is 0 Å². The Morgan fingerprint density at radius 1 is 1.18 bits per heavy atom. The average Bonchev–Trinajstić information content (AvgIpc) is 2.76. The van der Waals surface area contributed by atoms with Gasteiger partial charge in [0.2, 0.25) is 5.91 Å². The number of nitrogens with one attached hydrogen (secondary N) is 1. The molecule has 2 amide bonds. The maximum absolute atomic E-state index is 12.7. The predicted molar refractivity (Wildman–Crippen MR) is 88.7 cm³/mol. The van der Waals surface area contributed by atoms with E-state index >= 15 is 0 Å². The normalized spacial score (nSPS) is 29.2. The molecule has 2 fully saturated rings. The van der Waals surface area contributed by atoms with Crippen LogP contribution < -0.4 is 9.80 Å². The molecule has 0 saturated carbocycles. The number of hydrogen-bond donors (Lipinski definition) is 2. The molecule has 1 aromatic carbocycles. The smallest absolute Gasteiger partial charge is 0.292 e. The van der Waals surface area contributed by atoms with E-state index in [-0.39, 0.29) is 30.4 Å². The number of hydrogen-bond acceptors (Lipinski definition) is 3. The molecule has 0 radical (unpaired) electrons. The minimum absolute atomic E-state index is 0.139. The van der Waals surface area contributed by atoms with E-state index in [0.717, 1.165) is 22.5 Å². The zero-order valence-corrected chi connectivity index (χ0v) is 15.1. The highest BCUT2D eigenvalue weighted by molar-refractivity contribution is 9.11. The predicted octanol–water partition coefficient (Wildman–Crippen LogP) is 0.883. The van der Waals surface area contributed by atoms with Gasteiger partial charge in [0, 0.05) is 21.8 Å². The molecule has 7 heteroatoms. The third-order valence-corrected chi connectivity index (χ3v) is 5.52. The third kappa shape index (κ3) is 2.99. The van der Waals surface area contributed by atoms with E-state index < -0.39 is 0 Å². The van der Waals surface area contributed by atoms with Crippen molar-refractivity contribution in [2.45, 2.75) is 31.4 Å². The second-order valence-corrected chi connectivity index (χ2v) is 7.58. The number of aliphatic hydroxyl groups is 1. The Labute approximate surface area is 145 Å². The molecule has 2 saturated heterocycles. The van der Waals surface area contributed by atoms with Gasteiger partial charge in [0.05, 0.1) is 31.3 Å². The molecule has 1 atom stereocenters. The lowest BCUT2D eigenvalue weighted by atomic mass is 10.1. The molecule has 118 valence electrons. The number of benzene rings is 1. The fourth-order valence-electron chi connectivity index (χ4n) is 3.19. The van der Waals surface area contributed by atoms with Crippen LogP contribution in [0.25, 0.3) is 0 Å². The fourth-order valence-corrected chi connectivity index (χ4v) is 4.41. The molecule has 2 aliphatic heterocycles.